The molecule has 4 heteroatoms. The van der Waals surface area contributed by atoms with E-state index in [1.54, 1.807) is 0 Å². The molecule has 0 spiro atoms. The fourth-order valence-corrected chi connectivity index (χ4v) is 7.99. The largest absolute Gasteiger partial charge is 0.397 e. The van der Waals surface area contributed by atoms with Crippen molar-refractivity contribution in [2.75, 3.05) is 0 Å². The lowest BCUT2D eigenvalue weighted by molar-refractivity contribution is 0.808. The van der Waals surface area contributed by atoms with Crippen LogP contribution < -0.4 is 5.73 Å². The Morgan fingerprint density at radius 1 is 0.894 bits per heavy atom. The number of nitrogens with zero attached hydrogens (tertiary/aromatic N) is 2. The summed E-state index contributed by atoms with van der Waals surface area (Å²) < 4.78 is 0. The minimum absolute atomic E-state index is 0.369. The van der Waals surface area contributed by atoms with Crippen molar-refractivity contribution in [1.29, 1.82) is 0 Å². The first-order valence-corrected chi connectivity index (χ1v) is 17.8. The standard InChI is InChI=1S/C43H40N3P/c1-4-38-36(26-27-39(45-38)28(2)3)42-34-18-10-8-16-32(34)41(33-17-9-11-19-35(33)42)29-22-24-30(25-23-29)43(47-31-14-6-5-7-15-31)46-40-21-13-12-20-37(40)44/h6,8-12,15-20,22-28,31,47H,4,13-14,21,44H2,1-3H3. The Hall–Kier alpha value is -4.77. The third-order valence-corrected chi connectivity index (χ3v) is 10.6. The Kier molecular flexibility index (Phi) is 8.88. The molecule has 2 atom stereocenters. The smallest absolute Gasteiger partial charge is 0.0682 e. The number of aryl methyl sites for hydroxylation is 1. The molecule has 0 fully saturated rings. The zero-order valence-corrected chi connectivity index (χ0v) is 28.3. The molecule has 1 heterocycles. The average molecular weight is 630 g/mol. The molecule has 2 aliphatic rings. The van der Waals surface area contributed by atoms with Crippen LogP contribution in [0, 0.1) is 0 Å². The molecule has 0 bridgehead atoms. The van der Waals surface area contributed by atoms with Crippen molar-refractivity contribution in [3.05, 3.63) is 149 Å². The van der Waals surface area contributed by atoms with E-state index in [1.165, 1.54) is 43.8 Å². The summed E-state index contributed by atoms with van der Waals surface area (Å²) in [5.41, 5.74) is 24.2. The molecule has 47 heavy (non-hydrogen) atoms. The zero-order chi connectivity index (χ0) is 32.3. The van der Waals surface area contributed by atoms with Crippen LogP contribution in [0.2, 0.25) is 0 Å². The van der Waals surface area contributed by atoms with E-state index in [-0.39, 0.29) is 0 Å². The Labute approximate surface area is 279 Å². The first kappa shape index (κ1) is 30.9. The van der Waals surface area contributed by atoms with E-state index in [2.05, 4.69) is 135 Å². The van der Waals surface area contributed by atoms with Crippen molar-refractivity contribution in [2.24, 2.45) is 10.7 Å². The molecule has 0 aliphatic heterocycles. The summed E-state index contributed by atoms with van der Waals surface area (Å²) in [6, 6.07) is 31.2. The second kappa shape index (κ2) is 13.5. The SMILES string of the molecule is CCc1nc(C(C)C)ccc1-c1c2ccccc2c(-c2ccc(C(=NC3=C(N)C=CCC3)PC3C=C=C=CC3)cc2)c2ccccc12. The van der Waals surface area contributed by atoms with E-state index in [0.717, 1.165) is 59.5 Å². The molecule has 0 saturated carbocycles. The summed E-state index contributed by atoms with van der Waals surface area (Å²) in [5.74, 6) is 0.390. The number of fused-ring (bicyclic) bond motifs is 2. The second-order valence-corrected chi connectivity index (χ2v) is 14.1. The number of allylic oxidation sites excluding steroid dienone is 5. The number of nitrogens with two attached hydrogens (primary N) is 1. The molecule has 4 aromatic carbocycles. The van der Waals surface area contributed by atoms with Gasteiger partial charge < -0.3 is 5.73 Å². The number of aliphatic imine (C=N–C) groups is 1. The highest BCUT2D eigenvalue weighted by Crippen LogP contribution is 2.44. The maximum absolute atomic E-state index is 6.39. The second-order valence-electron chi connectivity index (χ2n) is 12.6. The molecule has 0 radical (unpaired) electrons. The minimum atomic E-state index is 0.369. The molecule has 232 valence electrons. The van der Waals surface area contributed by atoms with E-state index in [9.17, 15) is 0 Å². The molecule has 1 aromatic heterocycles. The maximum Gasteiger partial charge on any atom is 0.0682 e. The van der Waals surface area contributed by atoms with Crippen LogP contribution in [-0.2, 0) is 6.42 Å². The van der Waals surface area contributed by atoms with Gasteiger partial charge >= 0.3 is 0 Å². The average Bonchev–Trinajstić information content (AvgIpc) is 3.11. The molecule has 0 saturated heterocycles. The third kappa shape index (κ3) is 6.19. The van der Waals surface area contributed by atoms with Gasteiger partial charge in [0.2, 0.25) is 0 Å². The fourth-order valence-electron chi connectivity index (χ4n) is 6.71. The lowest BCUT2D eigenvalue weighted by Crippen LogP contribution is -2.07. The highest BCUT2D eigenvalue weighted by molar-refractivity contribution is 7.60. The quantitative estimate of drug-likeness (QED) is 0.0803. The van der Waals surface area contributed by atoms with Crippen LogP contribution in [0.1, 0.15) is 62.9 Å². The van der Waals surface area contributed by atoms with Crippen LogP contribution >= 0.6 is 8.58 Å². The first-order chi connectivity index (χ1) is 23.0. The lowest BCUT2D eigenvalue weighted by Gasteiger charge is -2.20. The van der Waals surface area contributed by atoms with Gasteiger partial charge in [-0.1, -0.05) is 126 Å². The number of benzene rings is 4. The maximum atomic E-state index is 6.39. The Balaban J connectivity index is 1.38. The van der Waals surface area contributed by atoms with Crippen LogP contribution in [0.5, 0.6) is 0 Å². The van der Waals surface area contributed by atoms with Crippen LogP contribution in [0.15, 0.2) is 137 Å². The van der Waals surface area contributed by atoms with E-state index in [4.69, 9.17) is 15.7 Å². The molecular weight excluding hydrogens is 589 g/mol. The molecule has 0 amide bonds. The number of pyridine rings is 1. The number of hydrogen-bond acceptors (Lipinski definition) is 3. The highest BCUT2D eigenvalue weighted by Gasteiger charge is 2.20. The number of rotatable bonds is 8. The van der Waals surface area contributed by atoms with Gasteiger partial charge in [0, 0.05) is 28.2 Å². The summed E-state index contributed by atoms with van der Waals surface area (Å²) in [7, 11) is 0.515. The molecule has 2 N–H and O–H groups in total. The van der Waals surface area contributed by atoms with Gasteiger partial charge in [-0.3, -0.25) is 9.98 Å². The van der Waals surface area contributed by atoms with Crippen LogP contribution in [0.3, 0.4) is 0 Å². The zero-order valence-electron chi connectivity index (χ0n) is 27.3. The van der Waals surface area contributed by atoms with Gasteiger partial charge in [0.15, 0.2) is 0 Å². The summed E-state index contributed by atoms with van der Waals surface area (Å²) >= 11 is 0. The van der Waals surface area contributed by atoms with E-state index >= 15 is 0 Å². The predicted molar refractivity (Wildman–Crippen MR) is 203 cm³/mol. The fraction of sp³-hybridized carbons (Fsp3) is 0.209. The first-order valence-electron chi connectivity index (χ1n) is 16.7. The summed E-state index contributed by atoms with van der Waals surface area (Å²) in [5, 5.41) is 5.00. The van der Waals surface area contributed by atoms with Gasteiger partial charge in [-0.15, -0.1) is 0 Å². The van der Waals surface area contributed by atoms with Gasteiger partial charge in [0.05, 0.1) is 16.8 Å². The number of aromatic nitrogens is 1. The Bertz CT molecular complexity index is 2130. The van der Waals surface area contributed by atoms with Crippen LogP contribution in [-0.4, -0.2) is 16.1 Å². The molecule has 7 rings (SSSR count). The van der Waals surface area contributed by atoms with E-state index in [1.807, 2.05) is 6.08 Å². The highest BCUT2D eigenvalue weighted by atomic mass is 31.1. The van der Waals surface area contributed by atoms with Crippen molar-refractivity contribution < 1.29 is 0 Å². The molecular formula is C43H40N3P. The van der Waals surface area contributed by atoms with Gasteiger partial charge in [-0.05, 0) is 94.1 Å². The third-order valence-electron chi connectivity index (χ3n) is 9.16. The van der Waals surface area contributed by atoms with Gasteiger partial charge in [-0.25, -0.2) is 0 Å². The van der Waals surface area contributed by atoms with Gasteiger partial charge in [0.1, 0.15) is 0 Å². The predicted octanol–water partition coefficient (Wildman–Crippen LogP) is 11.0. The van der Waals surface area contributed by atoms with E-state index < -0.39 is 0 Å². The van der Waals surface area contributed by atoms with Crippen molar-refractivity contribution in [3.8, 4) is 22.3 Å². The normalized spacial score (nSPS) is 16.5. The summed E-state index contributed by atoms with van der Waals surface area (Å²) in [4.78, 5) is 10.3. The van der Waals surface area contributed by atoms with Crippen molar-refractivity contribution in [3.63, 3.8) is 0 Å². The topological polar surface area (TPSA) is 51.3 Å². The van der Waals surface area contributed by atoms with Crippen molar-refractivity contribution in [2.45, 2.75) is 58.0 Å². The Morgan fingerprint density at radius 3 is 2.17 bits per heavy atom. The van der Waals surface area contributed by atoms with Gasteiger partial charge in [-0.2, -0.15) is 0 Å². The van der Waals surface area contributed by atoms with Gasteiger partial charge in [0.25, 0.3) is 0 Å². The lowest BCUT2D eigenvalue weighted by atomic mass is 9.85. The monoisotopic (exact) mass is 629 g/mol. The minimum Gasteiger partial charge on any atom is -0.397 e. The summed E-state index contributed by atoms with van der Waals surface area (Å²) in [6.45, 7) is 6.63. The summed E-state index contributed by atoms with van der Waals surface area (Å²) in [6.07, 6.45) is 12.0. The van der Waals surface area contributed by atoms with Crippen molar-refractivity contribution in [1.82, 2.24) is 4.98 Å². The van der Waals surface area contributed by atoms with E-state index in [0.29, 0.717) is 20.2 Å². The number of hydrogen-bond donors (Lipinski definition) is 1. The Morgan fingerprint density at radius 2 is 1.57 bits per heavy atom. The van der Waals surface area contributed by atoms with Crippen LogP contribution in [0.4, 0.5) is 0 Å². The molecule has 3 nitrogen and oxygen atoms in total. The van der Waals surface area contributed by atoms with Crippen molar-refractivity contribution >= 4 is 35.6 Å². The molecule has 5 aromatic rings. The molecule has 2 aliphatic carbocycles. The molecule has 2 unspecified atom stereocenters. The van der Waals surface area contributed by atoms with Crippen LogP contribution in [0.25, 0.3) is 43.8 Å².